The van der Waals surface area contributed by atoms with Gasteiger partial charge in [-0.05, 0) is 13.8 Å². The molecule has 8 nitrogen and oxygen atoms in total. The topological polar surface area (TPSA) is 87.2 Å². The zero-order valence-electron chi connectivity index (χ0n) is 14.0. The molecule has 136 valence electrons. The third-order valence-corrected chi connectivity index (χ3v) is 7.04. The highest BCUT2D eigenvalue weighted by Gasteiger charge is 2.36. The van der Waals surface area contributed by atoms with E-state index in [0.29, 0.717) is 45.8 Å². The van der Waals surface area contributed by atoms with E-state index < -0.39 is 20.0 Å². The zero-order valence-corrected chi connectivity index (χ0v) is 15.6. The number of hydrogen-bond acceptors (Lipinski definition) is 6. The molecule has 2 aliphatic rings. The molecule has 0 radical (unpaired) electrons. The van der Waals surface area contributed by atoms with Crippen molar-refractivity contribution in [3.05, 3.63) is 0 Å². The van der Waals surface area contributed by atoms with E-state index in [-0.39, 0.29) is 18.0 Å². The van der Waals surface area contributed by atoms with Crippen LogP contribution in [0.15, 0.2) is 0 Å². The normalized spacial score (nSPS) is 29.7. The molecule has 0 aromatic rings. The van der Waals surface area contributed by atoms with Gasteiger partial charge in [-0.25, -0.2) is 8.42 Å². The van der Waals surface area contributed by atoms with Gasteiger partial charge in [0.05, 0.1) is 18.0 Å². The van der Waals surface area contributed by atoms with Crippen LogP contribution < -0.4 is 0 Å². The molecular weight excluding hydrogens is 342 g/mol. The van der Waals surface area contributed by atoms with Crippen LogP contribution in [0.3, 0.4) is 0 Å². The molecule has 0 amide bonds. The summed E-state index contributed by atoms with van der Waals surface area (Å²) in [4.78, 5) is 2.00. The first kappa shape index (κ1) is 19.1. The van der Waals surface area contributed by atoms with Crippen LogP contribution in [0.4, 0.5) is 0 Å². The van der Waals surface area contributed by atoms with Crippen LogP contribution in [0.25, 0.3) is 0 Å². The lowest BCUT2D eigenvalue weighted by Crippen LogP contribution is -2.57. The highest BCUT2D eigenvalue weighted by atomic mass is 32.2. The Morgan fingerprint density at radius 3 is 1.91 bits per heavy atom. The quantitative estimate of drug-likeness (QED) is 0.618. The Morgan fingerprint density at radius 1 is 0.913 bits per heavy atom. The molecule has 10 heteroatoms. The minimum atomic E-state index is -3.48. The summed E-state index contributed by atoms with van der Waals surface area (Å²) in [5.74, 6) is 0.109. The standard InChI is InChI=1S/C13H27N3O5S2/c1-12-10-16(11-13(2)21-12)23(19,20)15-6-4-14(5-7-15)8-9-22(3,17)18/h12-13H,4-11H2,1-3H3. The van der Waals surface area contributed by atoms with E-state index in [1.807, 2.05) is 18.7 Å². The molecule has 0 aromatic carbocycles. The molecule has 2 heterocycles. The van der Waals surface area contributed by atoms with Gasteiger partial charge in [-0.2, -0.15) is 17.0 Å². The Kier molecular flexibility index (Phi) is 6.07. The van der Waals surface area contributed by atoms with Crippen LogP contribution in [0, 0.1) is 0 Å². The summed E-state index contributed by atoms with van der Waals surface area (Å²) < 4.78 is 56.5. The predicted octanol–water partition coefficient (Wildman–Crippen LogP) is -0.997. The van der Waals surface area contributed by atoms with Gasteiger partial charge in [0, 0.05) is 52.1 Å². The van der Waals surface area contributed by atoms with Crippen molar-refractivity contribution in [3.8, 4) is 0 Å². The Hall–Kier alpha value is -0.260. The molecule has 2 unspecified atom stereocenters. The highest BCUT2D eigenvalue weighted by Crippen LogP contribution is 2.18. The average Bonchev–Trinajstić information content (AvgIpc) is 2.44. The van der Waals surface area contributed by atoms with Crippen LogP contribution in [0.1, 0.15) is 13.8 Å². The van der Waals surface area contributed by atoms with Crippen molar-refractivity contribution >= 4 is 20.0 Å². The number of piperazine rings is 1. The molecule has 0 spiro atoms. The molecule has 2 saturated heterocycles. The number of morpholine rings is 1. The second kappa shape index (κ2) is 7.32. The fourth-order valence-corrected chi connectivity index (χ4v) is 5.30. The van der Waals surface area contributed by atoms with Gasteiger partial charge in [0.15, 0.2) is 0 Å². The van der Waals surface area contributed by atoms with Gasteiger partial charge in [-0.15, -0.1) is 0 Å². The van der Waals surface area contributed by atoms with Gasteiger partial charge in [0.1, 0.15) is 9.84 Å². The smallest absolute Gasteiger partial charge is 0.282 e. The Morgan fingerprint density at radius 2 is 1.43 bits per heavy atom. The summed E-state index contributed by atoms with van der Waals surface area (Å²) in [7, 11) is -6.47. The van der Waals surface area contributed by atoms with E-state index >= 15 is 0 Å². The summed E-state index contributed by atoms with van der Waals surface area (Å²) in [5, 5.41) is 0. The summed E-state index contributed by atoms with van der Waals surface area (Å²) >= 11 is 0. The number of rotatable bonds is 5. The number of hydrogen-bond donors (Lipinski definition) is 0. The summed E-state index contributed by atoms with van der Waals surface area (Å²) in [6.07, 6.45) is 1.00. The minimum Gasteiger partial charge on any atom is -0.373 e. The monoisotopic (exact) mass is 369 g/mol. The number of sulfone groups is 1. The van der Waals surface area contributed by atoms with Crippen molar-refractivity contribution in [2.24, 2.45) is 0 Å². The molecule has 0 bridgehead atoms. The van der Waals surface area contributed by atoms with Crippen molar-refractivity contribution in [2.45, 2.75) is 26.1 Å². The zero-order chi connectivity index (χ0) is 17.3. The van der Waals surface area contributed by atoms with Crippen LogP contribution in [0.2, 0.25) is 0 Å². The molecule has 23 heavy (non-hydrogen) atoms. The molecule has 0 aromatic heterocycles. The third-order valence-electron chi connectivity index (χ3n) is 4.15. The van der Waals surface area contributed by atoms with E-state index in [0.717, 1.165) is 0 Å². The Labute approximate surface area is 139 Å². The van der Waals surface area contributed by atoms with E-state index in [4.69, 9.17) is 4.74 Å². The van der Waals surface area contributed by atoms with E-state index in [9.17, 15) is 16.8 Å². The molecule has 0 saturated carbocycles. The molecule has 2 rings (SSSR count). The minimum absolute atomic E-state index is 0.107. The third kappa shape index (κ3) is 5.36. The molecule has 2 atom stereocenters. The van der Waals surface area contributed by atoms with Crippen LogP contribution in [-0.2, 0) is 24.8 Å². The first-order valence-corrected chi connectivity index (χ1v) is 11.3. The summed E-state index contributed by atoms with van der Waals surface area (Å²) in [6.45, 7) is 6.87. The maximum atomic E-state index is 12.7. The maximum absolute atomic E-state index is 12.7. The lowest BCUT2D eigenvalue weighted by atomic mass is 10.3. The molecule has 2 aliphatic heterocycles. The van der Waals surface area contributed by atoms with Crippen molar-refractivity contribution in [2.75, 3.05) is 57.8 Å². The fourth-order valence-electron chi connectivity index (χ4n) is 2.96. The highest BCUT2D eigenvalue weighted by molar-refractivity contribution is 7.90. The Balaban J connectivity index is 1.91. The van der Waals surface area contributed by atoms with Crippen LogP contribution in [-0.4, -0.2) is 100 Å². The Bertz CT molecular complexity index is 589. The van der Waals surface area contributed by atoms with E-state index in [1.165, 1.54) is 14.9 Å². The largest absolute Gasteiger partial charge is 0.373 e. The second-order valence-corrected chi connectivity index (χ2v) is 10.6. The van der Waals surface area contributed by atoms with Crippen molar-refractivity contribution < 1.29 is 21.6 Å². The lowest BCUT2D eigenvalue weighted by Gasteiger charge is -2.40. The van der Waals surface area contributed by atoms with Gasteiger partial charge >= 0.3 is 0 Å². The molecule has 0 N–H and O–H groups in total. The number of ether oxygens (including phenoxy) is 1. The van der Waals surface area contributed by atoms with Gasteiger partial charge in [-0.1, -0.05) is 0 Å². The van der Waals surface area contributed by atoms with Gasteiger partial charge in [0.2, 0.25) is 0 Å². The average molecular weight is 370 g/mol. The lowest BCUT2D eigenvalue weighted by molar-refractivity contribution is -0.0457. The van der Waals surface area contributed by atoms with E-state index in [1.54, 1.807) is 0 Å². The SMILES string of the molecule is CC1CN(S(=O)(=O)N2CCN(CCS(C)(=O)=O)CC2)CC(C)O1. The van der Waals surface area contributed by atoms with Crippen molar-refractivity contribution in [3.63, 3.8) is 0 Å². The maximum Gasteiger partial charge on any atom is 0.282 e. The number of nitrogens with zero attached hydrogens (tertiary/aromatic N) is 3. The van der Waals surface area contributed by atoms with Crippen LogP contribution >= 0.6 is 0 Å². The van der Waals surface area contributed by atoms with Crippen LogP contribution in [0.5, 0.6) is 0 Å². The summed E-state index contributed by atoms with van der Waals surface area (Å²) in [6, 6.07) is 0. The van der Waals surface area contributed by atoms with Crippen molar-refractivity contribution in [1.29, 1.82) is 0 Å². The first-order chi connectivity index (χ1) is 10.6. The molecular formula is C13H27N3O5S2. The summed E-state index contributed by atoms with van der Waals surface area (Å²) in [5.41, 5.74) is 0. The van der Waals surface area contributed by atoms with Gasteiger partial charge < -0.3 is 4.74 Å². The van der Waals surface area contributed by atoms with E-state index in [2.05, 4.69) is 0 Å². The molecule has 0 aliphatic carbocycles. The molecule has 2 fully saturated rings. The first-order valence-electron chi connectivity index (χ1n) is 7.88. The van der Waals surface area contributed by atoms with Crippen molar-refractivity contribution in [1.82, 2.24) is 13.5 Å². The predicted molar refractivity (Wildman–Crippen MR) is 88.2 cm³/mol. The van der Waals surface area contributed by atoms with Gasteiger partial charge in [0.25, 0.3) is 10.2 Å². The fraction of sp³-hybridized carbons (Fsp3) is 1.00. The second-order valence-electron chi connectivity index (χ2n) is 6.45. The van der Waals surface area contributed by atoms with Gasteiger partial charge in [-0.3, -0.25) is 4.90 Å².